The van der Waals surface area contributed by atoms with Crippen molar-refractivity contribution in [3.63, 3.8) is 0 Å². The number of aryl methyl sites for hydroxylation is 1. The first-order chi connectivity index (χ1) is 21.8. The molecule has 2 aromatic carbocycles. The third kappa shape index (κ3) is 9.67. The minimum absolute atomic E-state index is 0.0333. The Labute approximate surface area is 270 Å². The number of hydrogen-bond acceptors (Lipinski definition) is 9. The van der Waals surface area contributed by atoms with Crippen LogP contribution in [0.5, 0.6) is 0 Å². The van der Waals surface area contributed by atoms with Gasteiger partial charge in [0.1, 0.15) is 0 Å². The summed E-state index contributed by atoms with van der Waals surface area (Å²) in [7, 11) is -3.31. The van der Waals surface area contributed by atoms with Gasteiger partial charge in [-0.05, 0) is 49.6 Å². The van der Waals surface area contributed by atoms with Crippen LogP contribution < -0.4 is 4.72 Å². The van der Waals surface area contributed by atoms with E-state index in [9.17, 15) is 36.4 Å². The minimum atomic E-state index is -4.73. The lowest BCUT2D eigenvalue weighted by Crippen LogP contribution is -2.49. The molecular weight excluding hydrogens is 645 g/mol. The number of nitrogens with one attached hydrogen (secondary N) is 1. The molecule has 256 valence electrons. The fourth-order valence-corrected chi connectivity index (χ4v) is 5.17. The molecule has 1 aromatic heterocycles. The number of halogens is 3. The number of carbonyl (C=O) groups excluding carboxylic acids is 2. The van der Waals surface area contributed by atoms with Gasteiger partial charge in [0.15, 0.2) is 11.7 Å². The molecule has 0 saturated carbocycles. The van der Waals surface area contributed by atoms with Crippen LogP contribution in [0.1, 0.15) is 52.3 Å². The van der Waals surface area contributed by atoms with Crippen LogP contribution >= 0.6 is 0 Å². The molecule has 1 unspecified atom stereocenters. The second kappa shape index (κ2) is 14.8. The molecule has 3 aromatic rings. The first-order valence-electron chi connectivity index (χ1n) is 14.5. The van der Waals surface area contributed by atoms with Gasteiger partial charge >= 0.3 is 12.1 Å². The average molecular weight is 683 g/mol. The standard InChI is InChI=1S/C30H37F3N6O7S/c1-18(2)16-26(37(7)39(42)36-46-21(6)45-29(41)19(3)4)28(40)35-47(43,44)24-14-12-23(13-15-24)38-25(17-27(34-38)30(31,32)33)22-10-8-20(5)9-11-22/h8-15,17-19,21,26H,16H2,1-7H3,(H,35,40)/b39-36-/t21?,26-/m0/s1. The van der Waals surface area contributed by atoms with Gasteiger partial charge in [-0.2, -0.15) is 18.3 Å². The van der Waals surface area contributed by atoms with E-state index in [2.05, 4.69) is 10.4 Å². The SMILES string of the molecule is Cc1ccc(-c2cc(C(F)(F)F)nn2-c2ccc(S(=O)(=O)NC(=O)[C@H](CC(C)C)N(C)/[N+]([O-])=N/OC(C)OC(=O)C(C)C)cc2)cc1. The molecular formula is C30H37F3N6O7S. The fraction of sp³-hybridized carbons (Fsp3) is 0.433. The highest BCUT2D eigenvalue weighted by molar-refractivity contribution is 7.90. The molecule has 1 amide bonds. The van der Waals surface area contributed by atoms with Crippen LogP contribution in [-0.2, 0) is 35.4 Å². The molecule has 0 aliphatic carbocycles. The first kappa shape index (κ1) is 36.8. The van der Waals surface area contributed by atoms with E-state index in [0.29, 0.717) is 5.56 Å². The number of sulfonamides is 1. The van der Waals surface area contributed by atoms with Gasteiger partial charge in [0, 0.05) is 12.5 Å². The summed E-state index contributed by atoms with van der Waals surface area (Å²) in [6.07, 6.45) is -5.91. The van der Waals surface area contributed by atoms with Gasteiger partial charge < -0.3 is 9.94 Å². The molecule has 0 saturated heterocycles. The quantitative estimate of drug-likeness (QED) is 0.0822. The summed E-state index contributed by atoms with van der Waals surface area (Å²) in [6.45, 7) is 9.88. The summed E-state index contributed by atoms with van der Waals surface area (Å²) in [6, 6.07) is 11.1. The maximum atomic E-state index is 13.6. The third-order valence-electron chi connectivity index (χ3n) is 6.71. The van der Waals surface area contributed by atoms with E-state index >= 15 is 0 Å². The van der Waals surface area contributed by atoms with E-state index in [0.717, 1.165) is 33.5 Å². The highest BCUT2D eigenvalue weighted by Gasteiger charge is 2.36. The first-order valence-corrected chi connectivity index (χ1v) is 16.0. The van der Waals surface area contributed by atoms with E-state index in [1.165, 1.54) is 26.1 Å². The van der Waals surface area contributed by atoms with E-state index in [4.69, 9.17) is 9.57 Å². The lowest BCUT2D eigenvalue weighted by atomic mass is 10.0. The van der Waals surface area contributed by atoms with Crippen molar-refractivity contribution in [2.24, 2.45) is 17.1 Å². The van der Waals surface area contributed by atoms with Crippen LogP contribution in [0.2, 0.25) is 0 Å². The Morgan fingerprint density at radius 1 is 1.06 bits per heavy atom. The summed E-state index contributed by atoms with van der Waals surface area (Å²) < 4.78 is 75.0. The highest BCUT2D eigenvalue weighted by atomic mass is 32.2. The molecule has 0 aliphatic rings. The zero-order valence-corrected chi connectivity index (χ0v) is 27.7. The third-order valence-corrected chi connectivity index (χ3v) is 8.07. The summed E-state index contributed by atoms with van der Waals surface area (Å²) >= 11 is 0. The molecule has 0 fully saturated rings. The summed E-state index contributed by atoms with van der Waals surface area (Å²) in [5, 5.41) is 20.5. The van der Waals surface area contributed by atoms with Gasteiger partial charge in [0.25, 0.3) is 22.2 Å². The predicted octanol–water partition coefficient (Wildman–Crippen LogP) is 5.37. The molecule has 0 aliphatic heterocycles. The summed E-state index contributed by atoms with van der Waals surface area (Å²) in [4.78, 5) is 29.4. The second-order valence-electron chi connectivity index (χ2n) is 11.5. The molecule has 0 spiro atoms. The molecule has 13 nitrogen and oxygen atoms in total. The monoisotopic (exact) mass is 682 g/mol. The molecule has 0 radical (unpaired) electrons. The topological polar surface area (TPSA) is 158 Å². The fourth-order valence-electron chi connectivity index (χ4n) is 4.15. The molecule has 0 bridgehead atoms. The lowest BCUT2D eigenvalue weighted by molar-refractivity contribution is -0.712. The van der Waals surface area contributed by atoms with Gasteiger partial charge in [-0.1, -0.05) is 57.5 Å². The molecule has 2 atom stereocenters. The maximum absolute atomic E-state index is 13.6. The van der Waals surface area contributed by atoms with Gasteiger partial charge in [0.05, 0.1) is 34.2 Å². The Balaban J connectivity index is 1.84. The van der Waals surface area contributed by atoms with Gasteiger partial charge in [0.2, 0.25) is 5.28 Å². The number of rotatable bonds is 13. The summed E-state index contributed by atoms with van der Waals surface area (Å²) in [5.41, 5.74) is 0.492. The smallest absolute Gasteiger partial charge is 0.435 e. The Bertz CT molecular complexity index is 1690. The van der Waals surface area contributed by atoms with Crippen molar-refractivity contribution in [1.82, 2.24) is 19.5 Å². The van der Waals surface area contributed by atoms with Gasteiger partial charge in [-0.15, -0.1) is 5.01 Å². The number of likely N-dealkylation sites (N-methyl/N-ethyl adjacent to an activating group) is 1. The van der Waals surface area contributed by atoms with Gasteiger partial charge in [-0.3, -0.25) is 14.4 Å². The van der Waals surface area contributed by atoms with Crippen molar-refractivity contribution in [1.29, 1.82) is 0 Å². The number of amides is 1. The summed E-state index contributed by atoms with van der Waals surface area (Å²) in [5.74, 6) is -2.26. The number of esters is 1. The number of benzene rings is 2. The van der Waals surface area contributed by atoms with Crippen LogP contribution in [0.15, 0.2) is 64.8 Å². The van der Waals surface area contributed by atoms with Crippen LogP contribution in [0.3, 0.4) is 0 Å². The van der Waals surface area contributed by atoms with Crippen molar-refractivity contribution >= 4 is 21.9 Å². The van der Waals surface area contributed by atoms with Gasteiger partial charge in [-0.25, -0.2) is 17.8 Å². The predicted molar refractivity (Wildman–Crippen MR) is 163 cm³/mol. The zero-order valence-electron chi connectivity index (χ0n) is 26.8. The van der Waals surface area contributed by atoms with Crippen LogP contribution in [0, 0.1) is 24.0 Å². The number of carbonyl (C=O) groups is 2. The lowest BCUT2D eigenvalue weighted by Gasteiger charge is -2.24. The van der Waals surface area contributed by atoms with E-state index in [1.807, 2.05) is 11.6 Å². The van der Waals surface area contributed by atoms with E-state index < -0.39 is 52.0 Å². The van der Waals surface area contributed by atoms with Crippen molar-refractivity contribution < 1.29 is 45.7 Å². The maximum Gasteiger partial charge on any atom is 0.435 e. The number of hydrazine groups is 1. The number of alkyl halides is 3. The average Bonchev–Trinajstić information content (AvgIpc) is 3.45. The van der Waals surface area contributed by atoms with Crippen molar-refractivity contribution in [2.45, 2.75) is 71.4 Å². The number of hydrogen-bond donors (Lipinski definition) is 1. The Kier molecular flexibility index (Phi) is 11.6. The van der Waals surface area contributed by atoms with Crippen LogP contribution in [0.4, 0.5) is 13.2 Å². The number of ether oxygens (including phenoxy) is 1. The number of nitrogens with zero attached hydrogens (tertiary/aromatic N) is 5. The molecule has 1 N–H and O–H groups in total. The number of aromatic nitrogens is 2. The van der Waals surface area contributed by atoms with E-state index in [1.54, 1.807) is 52.0 Å². The van der Waals surface area contributed by atoms with E-state index in [-0.39, 0.29) is 33.6 Å². The molecule has 1 heterocycles. The minimum Gasteiger partial charge on any atom is -0.569 e. The normalized spacial score (nSPS) is 13.7. The van der Waals surface area contributed by atoms with Crippen LogP contribution in [0.25, 0.3) is 16.9 Å². The Hall–Kier alpha value is -4.67. The molecule has 47 heavy (non-hydrogen) atoms. The second-order valence-corrected chi connectivity index (χ2v) is 13.2. The Morgan fingerprint density at radius 2 is 1.66 bits per heavy atom. The molecule has 3 rings (SSSR count). The van der Waals surface area contributed by atoms with Crippen molar-refractivity contribution in [3.8, 4) is 16.9 Å². The van der Waals surface area contributed by atoms with Crippen molar-refractivity contribution in [2.75, 3.05) is 7.05 Å². The molecule has 17 heteroatoms. The zero-order chi connectivity index (χ0) is 35.3. The largest absolute Gasteiger partial charge is 0.569 e. The van der Waals surface area contributed by atoms with Crippen molar-refractivity contribution in [3.05, 3.63) is 71.1 Å². The van der Waals surface area contributed by atoms with Crippen LogP contribution in [-0.4, -0.2) is 59.4 Å². The Morgan fingerprint density at radius 3 is 2.19 bits per heavy atom. The highest BCUT2D eigenvalue weighted by Crippen LogP contribution is 2.33.